The van der Waals surface area contributed by atoms with Crippen LogP contribution in [0.1, 0.15) is 38.8 Å². The third kappa shape index (κ3) is 4.12. The molecule has 1 aliphatic rings. The molecule has 0 aliphatic heterocycles. The molecule has 0 saturated carbocycles. The van der Waals surface area contributed by atoms with Gasteiger partial charge in [0.15, 0.2) is 5.13 Å². The lowest BCUT2D eigenvalue weighted by Gasteiger charge is -2.10. The number of nitrogens with zero attached hydrogens (tertiary/aromatic N) is 1. The van der Waals surface area contributed by atoms with E-state index in [4.69, 9.17) is 0 Å². The minimum atomic E-state index is -0.232. The summed E-state index contributed by atoms with van der Waals surface area (Å²) in [5.74, 6) is -0.401. The van der Waals surface area contributed by atoms with Gasteiger partial charge in [-0.3, -0.25) is 14.9 Å². The Labute approximate surface area is 167 Å². The molecule has 4 rings (SSSR count). The normalized spacial score (nSPS) is 15.1. The fourth-order valence-corrected chi connectivity index (χ4v) is 4.43. The zero-order valence-corrected chi connectivity index (χ0v) is 16.2. The zero-order valence-electron chi connectivity index (χ0n) is 15.4. The number of rotatable bonds is 6. The van der Waals surface area contributed by atoms with Crippen LogP contribution in [0.15, 0.2) is 60.7 Å². The number of benzene rings is 2. The molecule has 1 aromatic heterocycles. The maximum atomic E-state index is 12.6. The van der Waals surface area contributed by atoms with E-state index >= 15 is 0 Å². The van der Waals surface area contributed by atoms with Gasteiger partial charge in [-0.15, -0.1) is 11.3 Å². The average Bonchev–Trinajstić information content (AvgIpc) is 3.29. The molecule has 2 N–H and O–H groups in total. The summed E-state index contributed by atoms with van der Waals surface area (Å²) in [6.07, 6.45) is 2.41. The first-order valence-corrected chi connectivity index (χ1v) is 10.2. The van der Waals surface area contributed by atoms with Crippen LogP contribution in [0.2, 0.25) is 0 Å². The van der Waals surface area contributed by atoms with Crippen molar-refractivity contribution in [3.63, 3.8) is 0 Å². The summed E-state index contributed by atoms with van der Waals surface area (Å²) in [6.45, 7) is 0.608. The van der Waals surface area contributed by atoms with Gasteiger partial charge in [-0.1, -0.05) is 48.5 Å². The third-order valence-electron chi connectivity index (χ3n) is 4.85. The van der Waals surface area contributed by atoms with Crippen LogP contribution in [-0.4, -0.2) is 23.3 Å². The Morgan fingerprint density at radius 3 is 2.50 bits per heavy atom. The van der Waals surface area contributed by atoms with E-state index in [1.54, 1.807) is 12.1 Å². The summed E-state index contributed by atoms with van der Waals surface area (Å²) in [5.41, 5.74) is 2.60. The van der Waals surface area contributed by atoms with Gasteiger partial charge >= 0.3 is 0 Å². The van der Waals surface area contributed by atoms with Crippen LogP contribution >= 0.6 is 11.3 Å². The first-order chi connectivity index (χ1) is 13.7. The van der Waals surface area contributed by atoms with E-state index < -0.39 is 0 Å². The summed E-state index contributed by atoms with van der Waals surface area (Å²) in [7, 11) is 0. The fourth-order valence-electron chi connectivity index (χ4n) is 3.39. The Hall–Kier alpha value is -2.99. The van der Waals surface area contributed by atoms with Gasteiger partial charge in [0, 0.05) is 17.0 Å². The van der Waals surface area contributed by atoms with Gasteiger partial charge in [-0.25, -0.2) is 4.98 Å². The molecule has 1 aliphatic carbocycles. The van der Waals surface area contributed by atoms with Crippen LogP contribution in [0.5, 0.6) is 0 Å². The lowest BCUT2D eigenvalue weighted by atomic mass is 10.1. The van der Waals surface area contributed by atoms with E-state index in [-0.39, 0.29) is 17.7 Å². The van der Waals surface area contributed by atoms with E-state index in [2.05, 4.69) is 27.8 Å². The number of anilines is 1. The molecule has 6 heteroatoms. The number of aromatic nitrogens is 1. The van der Waals surface area contributed by atoms with E-state index in [0.29, 0.717) is 17.2 Å². The van der Waals surface area contributed by atoms with Gasteiger partial charge < -0.3 is 5.32 Å². The molecular formula is C22H21N3O2S. The standard InChI is InChI=1S/C22H21N3O2S/c26-20(16-9-5-2-6-10-16)25-22-24-19-17(11-12-18(19)28-22)21(27)23-14-13-15-7-3-1-4-8-15/h1-10,17H,11-14H2,(H,23,27)(H,24,25,26)/t17-/m0/s1. The van der Waals surface area contributed by atoms with Gasteiger partial charge in [0.25, 0.3) is 5.91 Å². The molecule has 142 valence electrons. The smallest absolute Gasteiger partial charge is 0.257 e. The van der Waals surface area contributed by atoms with Gasteiger partial charge in [0.05, 0.1) is 11.6 Å². The molecule has 0 radical (unpaired) electrons. The van der Waals surface area contributed by atoms with Crippen molar-refractivity contribution in [3.8, 4) is 0 Å². The highest BCUT2D eigenvalue weighted by molar-refractivity contribution is 7.16. The molecule has 0 spiro atoms. The monoisotopic (exact) mass is 391 g/mol. The number of carbonyl (C=O) groups is 2. The van der Waals surface area contributed by atoms with E-state index in [9.17, 15) is 9.59 Å². The lowest BCUT2D eigenvalue weighted by Crippen LogP contribution is -2.30. The first-order valence-electron chi connectivity index (χ1n) is 9.38. The Morgan fingerprint density at radius 2 is 1.75 bits per heavy atom. The fraction of sp³-hybridized carbons (Fsp3) is 0.227. The highest BCUT2D eigenvalue weighted by atomic mass is 32.1. The van der Waals surface area contributed by atoms with Crippen LogP contribution in [0.25, 0.3) is 0 Å². The van der Waals surface area contributed by atoms with Crippen molar-refractivity contribution < 1.29 is 9.59 Å². The van der Waals surface area contributed by atoms with Gasteiger partial charge in [-0.2, -0.15) is 0 Å². The Morgan fingerprint density at radius 1 is 1.04 bits per heavy atom. The molecule has 2 amide bonds. The summed E-state index contributed by atoms with van der Waals surface area (Å²) in [5, 5.41) is 6.43. The minimum Gasteiger partial charge on any atom is -0.355 e. The average molecular weight is 391 g/mol. The molecular weight excluding hydrogens is 370 g/mol. The maximum absolute atomic E-state index is 12.6. The number of nitrogens with one attached hydrogen (secondary N) is 2. The van der Waals surface area contributed by atoms with E-state index in [0.717, 1.165) is 29.8 Å². The largest absolute Gasteiger partial charge is 0.355 e. The molecule has 2 aromatic carbocycles. The quantitative estimate of drug-likeness (QED) is 0.672. The lowest BCUT2D eigenvalue weighted by molar-refractivity contribution is -0.122. The molecule has 0 unspecified atom stereocenters. The van der Waals surface area contributed by atoms with Crippen LogP contribution < -0.4 is 10.6 Å². The van der Waals surface area contributed by atoms with E-state index in [1.807, 2.05) is 36.4 Å². The zero-order chi connectivity index (χ0) is 19.3. The van der Waals surface area contributed by atoms with Crippen molar-refractivity contribution in [2.75, 3.05) is 11.9 Å². The van der Waals surface area contributed by atoms with Crippen molar-refractivity contribution in [2.45, 2.75) is 25.2 Å². The second-order valence-electron chi connectivity index (χ2n) is 6.77. The molecule has 0 fully saturated rings. The van der Waals surface area contributed by atoms with Crippen molar-refractivity contribution in [2.24, 2.45) is 0 Å². The Bertz CT molecular complexity index is 970. The summed E-state index contributed by atoms with van der Waals surface area (Å²) in [4.78, 5) is 30.6. The summed E-state index contributed by atoms with van der Waals surface area (Å²) in [6, 6.07) is 19.2. The number of fused-ring (bicyclic) bond motifs is 1. The van der Waals surface area contributed by atoms with Gasteiger partial charge in [0.2, 0.25) is 5.91 Å². The maximum Gasteiger partial charge on any atom is 0.257 e. The molecule has 1 atom stereocenters. The Kier molecular flexibility index (Phi) is 5.48. The number of amides is 2. The van der Waals surface area contributed by atoms with Crippen molar-refractivity contribution in [1.29, 1.82) is 0 Å². The van der Waals surface area contributed by atoms with Gasteiger partial charge in [0.1, 0.15) is 0 Å². The number of hydrogen-bond donors (Lipinski definition) is 2. The topological polar surface area (TPSA) is 71.1 Å². The molecule has 5 nitrogen and oxygen atoms in total. The van der Waals surface area contributed by atoms with Crippen molar-refractivity contribution in [3.05, 3.63) is 82.4 Å². The molecule has 1 heterocycles. The van der Waals surface area contributed by atoms with Crippen LogP contribution in [0, 0.1) is 0 Å². The second-order valence-corrected chi connectivity index (χ2v) is 7.85. The molecule has 3 aromatic rings. The summed E-state index contributed by atoms with van der Waals surface area (Å²) < 4.78 is 0. The molecule has 28 heavy (non-hydrogen) atoms. The predicted octanol–water partition coefficient (Wildman–Crippen LogP) is 3.78. The highest BCUT2D eigenvalue weighted by Gasteiger charge is 2.32. The Balaban J connectivity index is 1.36. The first kappa shape index (κ1) is 18.4. The number of carbonyl (C=O) groups excluding carboxylic acids is 2. The number of thiazole rings is 1. The number of hydrogen-bond acceptors (Lipinski definition) is 4. The molecule has 0 bridgehead atoms. The molecule has 0 saturated heterocycles. The predicted molar refractivity (Wildman–Crippen MR) is 111 cm³/mol. The third-order valence-corrected chi connectivity index (χ3v) is 5.89. The van der Waals surface area contributed by atoms with E-state index in [1.165, 1.54) is 16.9 Å². The second kappa shape index (κ2) is 8.35. The van der Waals surface area contributed by atoms with Crippen molar-refractivity contribution in [1.82, 2.24) is 10.3 Å². The van der Waals surface area contributed by atoms with Crippen LogP contribution in [0.3, 0.4) is 0 Å². The number of aryl methyl sites for hydroxylation is 1. The summed E-state index contributed by atoms with van der Waals surface area (Å²) >= 11 is 1.46. The SMILES string of the molecule is O=C(Nc1nc2c(s1)CC[C@@H]2C(=O)NCCc1ccccc1)c1ccccc1. The minimum absolute atomic E-state index is 0.0147. The van der Waals surface area contributed by atoms with Crippen LogP contribution in [-0.2, 0) is 17.6 Å². The van der Waals surface area contributed by atoms with Crippen molar-refractivity contribution >= 4 is 28.3 Å². The highest BCUT2D eigenvalue weighted by Crippen LogP contribution is 2.38. The van der Waals surface area contributed by atoms with Crippen LogP contribution in [0.4, 0.5) is 5.13 Å². The van der Waals surface area contributed by atoms with Gasteiger partial charge in [-0.05, 0) is 37.0 Å².